The molecular weight excluding hydrogens is 1070 g/mol. The second-order valence-corrected chi connectivity index (χ2v) is 25.8. The zero-order valence-corrected chi connectivity index (χ0v) is 40.4. The van der Waals surface area contributed by atoms with E-state index in [0.29, 0.717) is 34.7 Å². The van der Waals surface area contributed by atoms with Crippen molar-refractivity contribution in [3.05, 3.63) is 35.9 Å². The summed E-state index contributed by atoms with van der Waals surface area (Å²) in [7, 11) is 0. The van der Waals surface area contributed by atoms with Gasteiger partial charge in [-0.15, -0.1) is 0 Å². The first-order valence-electron chi connectivity index (χ1n) is 20.1. The van der Waals surface area contributed by atoms with Crippen LogP contribution in [0.1, 0.15) is 124 Å². The summed E-state index contributed by atoms with van der Waals surface area (Å²) in [5.74, 6) is 4.82. The van der Waals surface area contributed by atoms with Crippen LogP contribution in [0, 0.1) is 52.3 Å². The maximum absolute atomic E-state index is 10.7. The van der Waals surface area contributed by atoms with Crippen molar-refractivity contribution in [2.24, 2.45) is 58.0 Å². The molecule has 1 aromatic rings. The maximum atomic E-state index is 10.7. The van der Waals surface area contributed by atoms with E-state index in [0.717, 1.165) is 62.1 Å². The fraction of sp³-hybridized carbons (Fsp3) is 0.854. The number of aliphatic hydroxyl groups is 1. The third kappa shape index (κ3) is 10.3. The average molecular weight is 1140 g/mol. The fourth-order valence-corrected chi connectivity index (χ4v) is 19.6. The molecule has 1 aromatic carbocycles. The van der Waals surface area contributed by atoms with Crippen LogP contribution in [0.5, 0.6) is 0 Å². The molecule has 50 heavy (non-hydrogen) atoms. The molecule has 4 fully saturated rings. The third-order valence-electron chi connectivity index (χ3n) is 14.6. The topological polar surface area (TPSA) is 62.0 Å². The van der Waals surface area contributed by atoms with Crippen molar-refractivity contribution < 1.29 is 44.9 Å². The van der Waals surface area contributed by atoms with Crippen molar-refractivity contribution in [1.29, 1.82) is 0 Å². The molecule has 5 nitrogen and oxygen atoms in total. The summed E-state index contributed by atoms with van der Waals surface area (Å²) in [5.41, 5.74) is 7.95. The number of ether oxygens (including phenoxy) is 1. The summed E-state index contributed by atoms with van der Waals surface area (Å²) in [6.07, 6.45) is 17.0. The van der Waals surface area contributed by atoms with Crippen molar-refractivity contribution in [2.75, 3.05) is 26.2 Å². The zero-order valence-electron chi connectivity index (χ0n) is 31.7. The van der Waals surface area contributed by atoms with Crippen molar-refractivity contribution in [1.82, 2.24) is 6.23 Å². The van der Waals surface area contributed by atoms with E-state index in [1.54, 1.807) is 0 Å². The molecule has 0 amide bonds. The molecule has 4 aliphatic carbocycles. The monoisotopic (exact) mass is 1140 g/mol. The van der Waals surface area contributed by atoms with Gasteiger partial charge in [-0.3, -0.25) is 0 Å². The van der Waals surface area contributed by atoms with Crippen LogP contribution in [0.3, 0.4) is 0 Å². The van der Waals surface area contributed by atoms with Crippen molar-refractivity contribution in [3.63, 3.8) is 0 Å². The Morgan fingerprint density at radius 2 is 1.60 bits per heavy atom. The van der Waals surface area contributed by atoms with Gasteiger partial charge >= 0.3 is 314 Å². The van der Waals surface area contributed by atoms with Gasteiger partial charge in [0.2, 0.25) is 0 Å². The summed E-state index contributed by atoms with van der Waals surface area (Å²) in [6, 6.07) is 11.7. The normalized spacial score (nSPS) is 35.4. The Hall–Kier alpha value is 1.94. The van der Waals surface area contributed by atoms with E-state index in [2.05, 4.69) is 108 Å². The molecule has 3 N–H and O–H groups in total. The molecule has 4 unspecified atom stereocenters. The van der Waals surface area contributed by atoms with E-state index < -0.39 is 0 Å². The van der Waals surface area contributed by atoms with Crippen molar-refractivity contribution in [3.8, 4) is 0 Å². The molecule has 4 aliphatic rings. The zero-order chi connectivity index (χ0) is 35.9. The number of nitrogens with two attached hydrogens (primary N) is 1. The molecule has 11 atom stereocenters. The second-order valence-electron chi connectivity index (χ2n) is 17.6. The summed E-state index contributed by atoms with van der Waals surface area (Å²) in [5, 5.41) is 10.7. The van der Waals surface area contributed by atoms with Crippen LogP contribution in [-0.4, -0.2) is 55.8 Å². The van der Waals surface area contributed by atoms with Gasteiger partial charge in [-0.05, 0) is 12.3 Å². The van der Waals surface area contributed by atoms with Crippen LogP contribution < -0.4 is 40.7 Å². The Bertz CT molecular complexity index is 1150. The first-order chi connectivity index (χ1) is 24.0. The molecule has 9 heteroatoms. The predicted octanol–water partition coefficient (Wildman–Crippen LogP) is 4.08. The number of rotatable bonds is 19. The van der Waals surface area contributed by atoms with Crippen LogP contribution in [0.25, 0.3) is 0 Å². The molecule has 0 saturated heterocycles. The number of nitrogens with zero attached hydrogens (tertiary/aromatic N) is 2. The molecule has 290 valence electrons. The van der Waals surface area contributed by atoms with Crippen LogP contribution in [0.2, 0.25) is 0 Å². The third-order valence-corrected chi connectivity index (χ3v) is 24.4. The number of hydrogen-bond acceptors (Lipinski definition) is 5. The Kier molecular flexibility index (Phi) is 17.6. The number of fused-ring (bicyclic) bond motifs is 5. The van der Waals surface area contributed by atoms with Crippen molar-refractivity contribution >= 4 is 37.2 Å². The van der Waals surface area contributed by atoms with E-state index in [1.807, 2.05) is 0 Å². The van der Waals surface area contributed by atoms with E-state index in [4.69, 9.17) is 10.5 Å². The summed E-state index contributed by atoms with van der Waals surface area (Å²) < 4.78 is 12.9. The van der Waals surface area contributed by atoms with Gasteiger partial charge in [0.05, 0.1) is 6.10 Å². The Morgan fingerprint density at radius 3 is 2.30 bits per heavy atom. The summed E-state index contributed by atoms with van der Waals surface area (Å²) in [6.45, 7) is 17.7. The minimum atomic E-state index is -0.164. The SMILES string of the molecule is CC(C)[C@@H](O)CC[C@H](C)[C@H]1CCC2C3C(CC[C@@]21C)[C@@]1(C)CC[C@H](N(CCCN(CCCCN)[I-]I)[I-]I)CC1C[C@@H]3OCc1ccccc1. The van der Waals surface area contributed by atoms with Gasteiger partial charge in [0.25, 0.3) is 0 Å². The summed E-state index contributed by atoms with van der Waals surface area (Å²) in [4.78, 5) is 0. The number of aliphatic hydroxyl groups excluding tert-OH is 1. The molecule has 5 rings (SSSR count). The molecule has 0 radical (unpaired) electrons. The summed E-state index contributed by atoms with van der Waals surface area (Å²) >= 11 is 5.59. The number of halogens is 4. The molecule has 0 aromatic heterocycles. The Balaban J connectivity index is 1.30. The van der Waals surface area contributed by atoms with Crippen LogP contribution in [0.15, 0.2) is 30.3 Å². The van der Waals surface area contributed by atoms with Gasteiger partial charge < -0.3 is 5.11 Å². The Labute approximate surface area is 347 Å². The van der Waals surface area contributed by atoms with Crippen molar-refractivity contribution in [2.45, 2.75) is 143 Å². The van der Waals surface area contributed by atoms with Gasteiger partial charge in [0.15, 0.2) is 0 Å². The van der Waals surface area contributed by atoms with Gasteiger partial charge in [-0.2, -0.15) is 0 Å². The molecule has 0 spiro atoms. The second kappa shape index (κ2) is 20.4. The first-order valence-corrected chi connectivity index (χ1v) is 34.6. The Morgan fingerprint density at radius 1 is 0.880 bits per heavy atom. The number of hydrogen-bond donors (Lipinski definition) is 2. The minimum absolute atomic E-state index is 0.0475. The number of benzene rings is 1. The molecule has 0 bridgehead atoms. The molecule has 4 saturated carbocycles. The van der Waals surface area contributed by atoms with E-state index in [1.165, 1.54) is 89.4 Å². The van der Waals surface area contributed by atoms with E-state index in [9.17, 15) is 5.11 Å². The van der Waals surface area contributed by atoms with E-state index in [-0.39, 0.29) is 41.1 Å². The first kappa shape index (κ1) is 43.1. The van der Waals surface area contributed by atoms with Gasteiger partial charge in [-0.25, -0.2) is 0 Å². The van der Waals surface area contributed by atoms with Gasteiger partial charge in [-0.1, -0.05) is 13.8 Å². The average Bonchev–Trinajstić information content (AvgIpc) is 3.48. The quantitative estimate of drug-likeness (QED) is 0.125. The van der Waals surface area contributed by atoms with E-state index >= 15 is 0 Å². The number of unbranched alkanes of at least 4 members (excludes halogenated alkanes) is 1. The van der Waals surface area contributed by atoms with Gasteiger partial charge in [0.1, 0.15) is 0 Å². The predicted molar refractivity (Wildman–Crippen MR) is 218 cm³/mol. The molecule has 0 aliphatic heterocycles. The van der Waals surface area contributed by atoms with Crippen LogP contribution in [-0.2, 0) is 11.3 Å². The molecular formula is C41H69I4N3O2-2. The molecule has 0 heterocycles. The van der Waals surface area contributed by atoms with Crippen LogP contribution >= 0.6 is 37.2 Å². The van der Waals surface area contributed by atoms with Crippen LogP contribution in [0.4, 0.5) is 0 Å². The van der Waals surface area contributed by atoms with Gasteiger partial charge in [0, 0.05) is 0 Å². The standard InChI is InChI=1S/C41H69I4N3O2/c1-29(2)37(49)17-14-30(3)34-15-16-35-39-36(19-21-41(34,35)5)40(4)20-18-33(48(45-43)25-11-24-47(44-42)23-10-9-22-46)26-32(40)27-38(39)50-28-31-12-7-6-8-13-31/h6-8,12-13,29-30,32-39,49H,9-11,14-28,46H2,1-5H3/q-2/t30-,32?,33-,34+,35?,36?,37-,38-,39?,40-,41+/m0/s1. The fourth-order valence-electron chi connectivity index (χ4n) is 11.6.